The Bertz CT molecular complexity index is 715. The molecule has 126 valence electrons. The van der Waals surface area contributed by atoms with Crippen LogP contribution in [0.15, 0.2) is 48.5 Å². The molecule has 2 saturated heterocycles. The van der Waals surface area contributed by atoms with Gasteiger partial charge in [-0.3, -0.25) is 9.80 Å². The van der Waals surface area contributed by atoms with Crippen LogP contribution in [0.3, 0.4) is 0 Å². The minimum absolute atomic E-state index is 0.109. The highest BCUT2D eigenvalue weighted by atomic mass is 19.1. The summed E-state index contributed by atoms with van der Waals surface area (Å²) < 4.78 is 13.5. The highest BCUT2D eigenvalue weighted by Gasteiger charge is 2.45. The summed E-state index contributed by atoms with van der Waals surface area (Å²) in [6.45, 7) is 6.22. The maximum atomic E-state index is 13.5. The molecular formula is C21H25FN2. The van der Waals surface area contributed by atoms with Crippen LogP contribution in [0.2, 0.25) is 0 Å². The first-order chi connectivity index (χ1) is 11.6. The zero-order valence-electron chi connectivity index (χ0n) is 14.5. The third kappa shape index (κ3) is 2.87. The smallest absolute Gasteiger partial charge is 0.126 e. The molecule has 0 aliphatic carbocycles. The largest absolute Gasteiger partial charge is 0.299 e. The zero-order valence-corrected chi connectivity index (χ0v) is 14.5. The van der Waals surface area contributed by atoms with Crippen molar-refractivity contribution in [2.45, 2.75) is 19.5 Å². The maximum absolute atomic E-state index is 13.5. The molecule has 2 heterocycles. The lowest BCUT2D eigenvalue weighted by atomic mass is 9.90. The second-order valence-corrected chi connectivity index (χ2v) is 7.50. The van der Waals surface area contributed by atoms with Gasteiger partial charge in [-0.15, -0.1) is 0 Å². The van der Waals surface area contributed by atoms with Crippen LogP contribution >= 0.6 is 0 Å². The summed E-state index contributed by atoms with van der Waals surface area (Å²) in [7, 11) is 2.25. The van der Waals surface area contributed by atoms with Crippen LogP contribution in [-0.2, 0) is 6.54 Å². The number of aryl methyl sites for hydroxylation is 1. The minimum atomic E-state index is -0.109. The second kappa shape index (κ2) is 6.30. The van der Waals surface area contributed by atoms with Crippen LogP contribution < -0.4 is 0 Å². The molecule has 3 heteroatoms. The molecule has 2 fully saturated rings. The molecule has 0 unspecified atom stereocenters. The highest BCUT2D eigenvalue weighted by molar-refractivity contribution is 5.25. The lowest BCUT2D eigenvalue weighted by Crippen LogP contribution is -2.28. The van der Waals surface area contributed by atoms with Crippen molar-refractivity contribution in [3.8, 4) is 0 Å². The SMILES string of the molecule is Cc1cc(CN2C[C@@H]3CN(C)[C@@H](c4ccccc4)[C@@H]3C2)ccc1F. The molecule has 3 atom stereocenters. The van der Waals surface area contributed by atoms with Crippen molar-refractivity contribution >= 4 is 0 Å². The Hall–Kier alpha value is -1.71. The molecule has 0 saturated carbocycles. The van der Waals surface area contributed by atoms with E-state index in [9.17, 15) is 4.39 Å². The van der Waals surface area contributed by atoms with Gasteiger partial charge in [0.1, 0.15) is 5.82 Å². The van der Waals surface area contributed by atoms with E-state index in [4.69, 9.17) is 0 Å². The van der Waals surface area contributed by atoms with Gasteiger partial charge in [-0.05, 0) is 48.6 Å². The monoisotopic (exact) mass is 324 g/mol. The maximum Gasteiger partial charge on any atom is 0.126 e. The topological polar surface area (TPSA) is 6.48 Å². The third-order valence-electron chi connectivity index (χ3n) is 5.74. The summed E-state index contributed by atoms with van der Waals surface area (Å²) in [6.07, 6.45) is 0. The fourth-order valence-electron chi connectivity index (χ4n) is 4.69. The molecule has 2 aromatic rings. The number of hydrogen-bond donors (Lipinski definition) is 0. The van der Waals surface area contributed by atoms with Crippen molar-refractivity contribution in [3.05, 3.63) is 71.0 Å². The molecule has 0 spiro atoms. The summed E-state index contributed by atoms with van der Waals surface area (Å²) in [5.41, 5.74) is 3.40. The van der Waals surface area contributed by atoms with Crippen LogP contribution in [0, 0.1) is 24.6 Å². The molecule has 0 radical (unpaired) electrons. The van der Waals surface area contributed by atoms with Gasteiger partial charge >= 0.3 is 0 Å². The molecule has 2 aliphatic heterocycles. The Morgan fingerprint density at radius 3 is 2.58 bits per heavy atom. The quantitative estimate of drug-likeness (QED) is 0.846. The fraction of sp³-hybridized carbons (Fsp3) is 0.429. The van der Waals surface area contributed by atoms with Crippen molar-refractivity contribution in [2.75, 3.05) is 26.7 Å². The summed E-state index contributed by atoms with van der Waals surface area (Å²) in [6, 6.07) is 16.9. The number of hydrogen-bond acceptors (Lipinski definition) is 2. The molecule has 24 heavy (non-hydrogen) atoms. The van der Waals surface area contributed by atoms with Crippen LogP contribution in [0.1, 0.15) is 22.7 Å². The average Bonchev–Trinajstić information content (AvgIpc) is 3.07. The normalized spacial score (nSPS) is 27.5. The van der Waals surface area contributed by atoms with Crippen molar-refractivity contribution < 1.29 is 4.39 Å². The van der Waals surface area contributed by atoms with E-state index in [1.165, 1.54) is 17.7 Å². The highest BCUT2D eigenvalue weighted by Crippen LogP contribution is 2.44. The Morgan fingerprint density at radius 2 is 1.83 bits per heavy atom. The first kappa shape index (κ1) is 15.8. The van der Waals surface area contributed by atoms with Gasteiger partial charge in [0, 0.05) is 32.2 Å². The lowest BCUT2D eigenvalue weighted by molar-refractivity contribution is 0.224. The summed E-state index contributed by atoms with van der Waals surface area (Å²) >= 11 is 0. The second-order valence-electron chi connectivity index (χ2n) is 7.50. The van der Waals surface area contributed by atoms with Crippen LogP contribution in [-0.4, -0.2) is 36.5 Å². The zero-order chi connectivity index (χ0) is 16.7. The number of halogens is 1. The van der Waals surface area contributed by atoms with Gasteiger partial charge in [0.25, 0.3) is 0 Å². The number of benzene rings is 2. The number of fused-ring (bicyclic) bond motifs is 1. The van der Waals surface area contributed by atoms with Crippen molar-refractivity contribution in [3.63, 3.8) is 0 Å². The van der Waals surface area contributed by atoms with Crippen LogP contribution in [0.25, 0.3) is 0 Å². The summed E-state index contributed by atoms with van der Waals surface area (Å²) in [5.74, 6) is 1.32. The van der Waals surface area contributed by atoms with Crippen LogP contribution in [0.5, 0.6) is 0 Å². The summed E-state index contributed by atoms with van der Waals surface area (Å²) in [4.78, 5) is 5.06. The van der Waals surface area contributed by atoms with Crippen molar-refractivity contribution in [1.82, 2.24) is 9.80 Å². The van der Waals surface area contributed by atoms with Gasteiger partial charge in [-0.25, -0.2) is 4.39 Å². The molecule has 2 aliphatic rings. The van der Waals surface area contributed by atoms with Gasteiger partial charge in [-0.2, -0.15) is 0 Å². The Morgan fingerprint density at radius 1 is 1.04 bits per heavy atom. The van der Waals surface area contributed by atoms with Crippen molar-refractivity contribution in [1.29, 1.82) is 0 Å². The molecule has 0 N–H and O–H groups in total. The van der Waals surface area contributed by atoms with E-state index in [-0.39, 0.29) is 5.82 Å². The molecule has 4 rings (SSSR count). The fourth-order valence-corrected chi connectivity index (χ4v) is 4.69. The molecule has 2 aromatic carbocycles. The minimum Gasteiger partial charge on any atom is -0.299 e. The first-order valence-electron chi connectivity index (χ1n) is 8.84. The molecule has 2 nitrogen and oxygen atoms in total. The summed E-state index contributed by atoms with van der Waals surface area (Å²) in [5, 5.41) is 0. The standard InChI is InChI=1S/C21H25FN2/c1-15-10-16(8-9-20(15)22)11-24-13-18-12-23(2)21(19(18)14-24)17-6-4-3-5-7-17/h3-10,18-19,21H,11-14H2,1-2H3/t18-,19+,21-/m0/s1. The predicted molar refractivity (Wildman–Crippen MR) is 95.2 cm³/mol. The predicted octanol–water partition coefficient (Wildman–Crippen LogP) is 3.87. The Kier molecular flexibility index (Phi) is 4.15. The van der Waals surface area contributed by atoms with E-state index in [0.717, 1.165) is 31.1 Å². The van der Waals surface area contributed by atoms with E-state index in [0.29, 0.717) is 12.0 Å². The Labute approximate surface area is 143 Å². The first-order valence-corrected chi connectivity index (χ1v) is 8.84. The number of rotatable bonds is 3. The van der Waals surface area contributed by atoms with E-state index in [1.807, 2.05) is 19.1 Å². The van der Waals surface area contributed by atoms with Crippen LogP contribution in [0.4, 0.5) is 4.39 Å². The van der Waals surface area contributed by atoms with Gasteiger partial charge in [0.05, 0.1) is 0 Å². The molecule has 0 amide bonds. The van der Waals surface area contributed by atoms with Gasteiger partial charge in [-0.1, -0.05) is 42.5 Å². The number of likely N-dealkylation sites (tertiary alicyclic amines) is 2. The lowest BCUT2D eigenvalue weighted by Gasteiger charge is -2.27. The van der Waals surface area contributed by atoms with E-state index in [1.54, 1.807) is 6.07 Å². The number of nitrogens with zero attached hydrogens (tertiary/aromatic N) is 2. The molecular weight excluding hydrogens is 299 g/mol. The molecule has 0 aromatic heterocycles. The van der Waals surface area contributed by atoms with E-state index < -0.39 is 0 Å². The van der Waals surface area contributed by atoms with E-state index >= 15 is 0 Å². The molecule has 0 bridgehead atoms. The Balaban J connectivity index is 1.49. The van der Waals surface area contributed by atoms with Crippen molar-refractivity contribution in [2.24, 2.45) is 11.8 Å². The van der Waals surface area contributed by atoms with Gasteiger partial charge < -0.3 is 0 Å². The average molecular weight is 324 g/mol. The van der Waals surface area contributed by atoms with Gasteiger partial charge in [0.2, 0.25) is 0 Å². The van der Waals surface area contributed by atoms with E-state index in [2.05, 4.69) is 47.2 Å². The third-order valence-corrected chi connectivity index (χ3v) is 5.74. The van der Waals surface area contributed by atoms with Gasteiger partial charge in [0.15, 0.2) is 0 Å².